The fourth-order valence-corrected chi connectivity index (χ4v) is 1.76. The summed E-state index contributed by atoms with van der Waals surface area (Å²) in [5.41, 5.74) is -0.669. The Hall–Kier alpha value is -1.43. The third kappa shape index (κ3) is 3.26. The highest BCUT2D eigenvalue weighted by Crippen LogP contribution is 2.30. The predicted octanol–water partition coefficient (Wildman–Crippen LogP) is 3.01. The first-order valence-corrected chi connectivity index (χ1v) is 5.69. The number of carboxylic acids is 1. The molecule has 0 aliphatic rings. The Morgan fingerprint density at radius 3 is 2.59 bits per heavy atom. The van der Waals surface area contributed by atoms with Crippen molar-refractivity contribution in [2.75, 3.05) is 0 Å². The van der Waals surface area contributed by atoms with E-state index in [-0.39, 0.29) is 12.1 Å². The van der Waals surface area contributed by atoms with Gasteiger partial charge in [0.05, 0.1) is 10.3 Å². The van der Waals surface area contributed by atoms with Crippen LogP contribution in [-0.2, 0) is 11.2 Å². The highest BCUT2D eigenvalue weighted by atomic mass is 79.9. The molecule has 0 amide bonds. The summed E-state index contributed by atoms with van der Waals surface area (Å²) in [7, 11) is 0. The summed E-state index contributed by atoms with van der Waals surface area (Å²) in [4.78, 5) is 21.4. The lowest BCUT2D eigenvalue weighted by molar-refractivity contribution is -0.385. The lowest BCUT2D eigenvalue weighted by Crippen LogP contribution is -2.26. The van der Waals surface area contributed by atoms with Crippen molar-refractivity contribution in [3.63, 3.8) is 0 Å². The molecule has 0 heterocycles. The average molecular weight is 302 g/mol. The number of carboxylic acid groups (broad SMARTS) is 1. The van der Waals surface area contributed by atoms with Crippen LogP contribution in [0, 0.1) is 15.5 Å². The normalized spacial score (nSPS) is 11.2. The second-order valence-electron chi connectivity index (χ2n) is 4.40. The van der Waals surface area contributed by atoms with Crippen LogP contribution in [0.5, 0.6) is 0 Å². The van der Waals surface area contributed by atoms with Crippen molar-refractivity contribution in [3.8, 4) is 0 Å². The molecule has 1 aromatic carbocycles. The Balaban J connectivity index is 3.15. The minimum absolute atomic E-state index is 0.0614. The van der Waals surface area contributed by atoms with Gasteiger partial charge in [-0.2, -0.15) is 0 Å². The van der Waals surface area contributed by atoms with E-state index in [1.807, 2.05) is 0 Å². The van der Waals surface area contributed by atoms with Gasteiger partial charge in [-0.25, -0.2) is 0 Å². The zero-order valence-electron chi connectivity index (χ0n) is 9.44. The monoisotopic (exact) mass is 301 g/mol. The molecule has 0 unspecified atom stereocenters. The lowest BCUT2D eigenvalue weighted by Gasteiger charge is -2.18. The number of nitrogens with zero attached hydrogens (tertiary/aromatic N) is 1. The molecule has 0 aliphatic carbocycles. The highest BCUT2D eigenvalue weighted by molar-refractivity contribution is 9.10. The average Bonchev–Trinajstić information content (AvgIpc) is 2.19. The lowest BCUT2D eigenvalue weighted by atomic mass is 9.85. The van der Waals surface area contributed by atoms with Gasteiger partial charge >= 0.3 is 5.97 Å². The second-order valence-corrected chi connectivity index (χ2v) is 5.31. The molecule has 1 aromatic rings. The third-order valence-electron chi connectivity index (χ3n) is 2.46. The van der Waals surface area contributed by atoms with Gasteiger partial charge in [-0.05, 0) is 26.3 Å². The van der Waals surface area contributed by atoms with Gasteiger partial charge in [-0.1, -0.05) is 22.0 Å². The van der Waals surface area contributed by atoms with Crippen LogP contribution in [0.25, 0.3) is 0 Å². The van der Waals surface area contributed by atoms with Crippen molar-refractivity contribution in [3.05, 3.63) is 38.3 Å². The number of benzene rings is 1. The summed E-state index contributed by atoms with van der Waals surface area (Å²) in [6, 6.07) is 4.63. The molecule has 0 atom stereocenters. The minimum atomic E-state index is -1.03. The molecule has 0 fully saturated rings. The Morgan fingerprint density at radius 1 is 1.53 bits per heavy atom. The molecule has 0 bridgehead atoms. The van der Waals surface area contributed by atoms with Crippen molar-refractivity contribution in [2.24, 2.45) is 5.41 Å². The molecular formula is C11H12BrNO4. The van der Waals surface area contributed by atoms with Gasteiger partial charge in [0.25, 0.3) is 5.69 Å². The molecule has 0 spiro atoms. The number of hydrogen-bond donors (Lipinski definition) is 1. The largest absolute Gasteiger partial charge is 0.481 e. The molecule has 1 N–H and O–H groups in total. The van der Waals surface area contributed by atoms with Crippen LogP contribution in [0.2, 0.25) is 0 Å². The minimum Gasteiger partial charge on any atom is -0.481 e. The zero-order valence-corrected chi connectivity index (χ0v) is 11.0. The number of aliphatic carboxylic acids is 1. The molecule has 0 aromatic heterocycles. The highest BCUT2D eigenvalue weighted by Gasteiger charge is 2.30. The zero-order chi connectivity index (χ0) is 13.2. The van der Waals surface area contributed by atoms with E-state index in [4.69, 9.17) is 5.11 Å². The van der Waals surface area contributed by atoms with E-state index in [0.29, 0.717) is 10.0 Å². The molecule has 1 rings (SSSR count). The van der Waals surface area contributed by atoms with Gasteiger partial charge in [0.15, 0.2) is 0 Å². The summed E-state index contributed by atoms with van der Waals surface area (Å²) >= 11 is 3.15. The SMILES string of the molecule is CC(C)(Cc1ccc(Br)cc1[N+](=O)[O-])C(=O)O. The fourth-order valence-electron chi connectivity index (χ4n) is 1.41. The molecule has 5 nitrogen and oxygen atoms in total. The Morgan fingerprint density at radius 2 is 2.12 bits per heavy atom. The number of hydrogen-bond acceptors (Lipinski definition) is 3. The first-order valence-electron chi connectivity index (χ1n) is 4.90. The third-order valence-corrected chi connectivity index (χ3v) is 2.95. The van der Waals surface area contributed by atoms with E-state index in [9.17, 15) is 14.9 Å². The summed E-state index contributed by atoms with van der Waals surface area (Å²) in [6.45, 7) is 3.09. The van der Waals surface area contributed by atoms with Crippen LogP contribution in [0.3, 0.4) is 0 Å². The molecule has 0 saturated carbocycles. The first kappa shape index (κ1) is 13.6. The summed E-state index contributed by atoms with van der Waals surface area (Å²) in [6.07, 6.45) is 0.117. The van der Waals surface area contributed by atoms with E-state index < -0.39 is 16.3 Å². The maximum Gasteiger partial charge on any atom is 0.309 e. The van der Waals surface area contributed by atoms with Gasteiger partial charge in [0.1, 0.15) is 0 Å². The Kier molecular flexibility index (Phi) is 3.87. The summed E-state index contributed by atoms with van der Waals surface area (Å²) in [5, 5.41) is 19.9. The van der Waals surface area contributed by atoms with Crippen LogP contribution in [-0.4, -0.2) is 16.0 Å². The molecule has 0 radical (unpaired) electrons. The standard InChI is InChI=1S/C11H12BrNO4/c1-11(2,10(14)15)6-7-3-4-8(12)5-9(7)13(16)17/h3-5H,6H2,1-2H3,(H,14,15). The molecule has 0 saturated heterocycles. The molecule has 0 aliphatic heterocycles. The number of nitro benzene ring substituents is 1. The number of nitro groups is 1. The molecule has 6 heteroatoms. The second kappa shape index (κ2) is 4.83. The fraction of sp³-hybridized carbons (Fsp3) is 0.364. The smallest absolute Gasteiger partial charge is 0.309 e. The van der Waals surface area contributed by atoms with E-state index in [0.717, 1.165) is 0 Å². The predicted molar refractivity (Wildman–Crippen MR) is 65.9 cm³/mol. The van der Waals surface area contributed by atoms with Gasteiger partial charge in [-0.15, -0.1) is 0 Å². The number of carbonyl (C=O) groups is 1. The van der Waals surface area contributed by atoms with E-state index in [1.54, 1.807) is 26.0 Å². The maximum atomic E-state index is 11.0. The topological polar surface area (TPSA) is 80.4 Å². The van der Waals surface area contributed by atoms with Crippen LogP contribution < -0.4 is 0 Å². The Bertz CT molecular complexity index is 471. The van der Waals surface area contributed by atoms with Gasteiger partial charge in [0, 0.05) is 16.1 Å². The number of halogens is 1. The van der Waals surface area contributed by atoms with Gasteiger partial charge in [0.2, 0.25) is 0 Å². The van der Waals surface area contributed by atoms with Crippen LogP contribution >= 0.6 is 15.9 Å². The van der Waals surface area contributed by atoms with E-state index in [1.165, 1.54) is 6.07 Å². The Labute approximate surface area is 107 Å². The molecule has 92 valence electrons. The van der Waals surface area contributed by atoms with Crippen molar-refractivity contribution in [2.45, 2.75) is 20.3 Å². The van der Waals surface area contributed by atoms with Crippen molar-refractivity contribution in [1.82, 2.24) is 0 Å². The van der Waals surface area contributed by atoms with Crippen LogP contribution in [0.15, 0.2) is 22.7 Å². The first-order chi connectivity index (χ1) is 7.74. The molecular weight excluding hydrogens is 290 g/mol. The van der Waals surface area contributed by atoms with Crippen molar-refractivity contribution < 1.29 is 14.8 Å². The summed E-state index contributed by atoms with van der Waals surface area (Å²) in [5.74, 6) is -0.977. The maximum absolute atomic E-state index is 11.0. The van der Waals surface area contributed by atoms with Crippen molar-refractivity contribution in [1.29, 1.82) is 0 Å². The quantitative estimate of drug-likeness (QED) is 0.685. The summed E-state index contributed by atoms with van der Waals surface area (Å²) < 4.78 is 0.598. The van der Waals surface area contributed by atoms with Gasteiger partial charge < -0.3 is 5.11 Å². The van der Waals surface area contributed by atoms with Gasteiger partial charge in [-0.3, -0.25) is 14.9 Å². The molecule has 17 heavy (non-hydrogen) atoms. The number of rotatable bonds is 4. The van der Waals surface area contributed by atoms with Crippen LogP contribution in [0.4, 0.5) is 5.69 Å². The van der Waals surface area contributed by atoms with E-state index in [2.05, 4.69) is 15.9 Å². The van der Waals surface area contributed by atoms with E-state index >= 15 is 0 Å². The van der Waals surface area contributed by atoms with Crippen LogP contribution in [0.1, 0.15) is 19.4 Å². The van der Waals surface area contributed by atoms with Crippen molar-refractivity contribution >= 4 is 27.6 Å².